The Morgan fingerprint density at radius 1 is 1.12 bits per heavy atom. The van der Waals surface area contributed by atoms with Crippen molar-refractivity contribution >= 4 is 11.8 Å². The number of likely N-dealkylation sites (tertiary alicyclic amines) is 2. The molecule has 0 atom stereocenters. The summed E-state index contributed by atoms with van der Waals surface area (Å²) < 4.78 is 5.13. The molecule has 2 saturated heterocycles. The van der Waals surface area contributed by atoms with Gasteiger partial charge in [-0.3, -0.25) is 9.59 Å². The van der Waals surface area contributed by atoms with Gasteiger partial charge in [-0.05, 0) is 49.9 Å². The highest BCUT2D eigenvalue weighted by Gasteiger charge is 2.39. The van der Waals surface area contributed by atoms with Gasteiger partial charge in [0.25, 0.3) is 0 Å². The molecule has 5 nitrogen and oxygen atoms in total. The van der Waals surface area contributed by atoms with Gasteiger partial charge < -0.3 is 14.5 Å². The summed E-state index contributed by atoms with van der Waals surface area (Å²) in [4.78, 5) is 28.9. The molecule has 1 aliphatic carbocycles. The lowest BCUT2D eigenvalue weighted by Gasteiger charge is -2.41. The van der Waals surface area contributed by atoms with Crippen molar-refractivity contribution in [2.45, 2.75) is 64.2 Å². The third-order valence-electron chi connectivity index (χ3n) is 6.81. The van der Waals surface area contributed by atoms with Crippen LogP contribution in [0.1, 0.15) is 64.2 Å². The minimum atomic E-state index is 0.265. The Labute approximate surface area is 152 Å². The van der Waals surface area contributed by atoms with Gasteiger partial charge >= 0.3 is 0 Å². The SMILES string of the molecule is COCCN1CCC2(CCC1=O)CCN(C(=O)CC1CCCC1)CC2. The van der Waals surface area contributed by atoms with E-state index in [-0.39, 0.29) is 11.3 Å². The molecule has 1 saturated carbocycles. The van der Waals surface area contributed by atoms with Gasteiger partial charge in [-0.2, -0.15) is 0 Å². The fourth-order valence-corrected chi connectivity index (χ4v) is 4.91. The lowest BCUT2D eigenvalue weighted by atomic mass is 9.73. The molecule has 0 aromatic rings. The summed E-state index contributed by atoms with van der Waals surface area (Å²) in [5, 5.41) is 0. The zero-order chi connectivity index (χ0) is 17.7. The van der Waals surface area contributed by atoms with Gasteiger partial charge in [0.15, 0.2) is 0 Å². The smallest absolute Gasteiger partial charge is 0.222 e. The minimum absolute atomic E-state index is 0.265. The lowest BCUT2D eigenvalue weighted by Crippen LogP contribution is -2.44. The van der Waals surface area contributed by atoms with Gasteiger partial charge in [-0.1, -0.05) is 12.8 Å². The topological polar surface area (TPSA) is 49.9 Å². The molecule has 3 rings (SSSR count). The maximum atomic E-state index is 12.6. The molecule has 2 heterocycles. The van der Waals surface area contributed by atoms with Crippen molar-refractivity contribution in [1.29, 1.82) is 0 Å². The fourth-order valence-electron chi connectivity index (χ4n) is 4.91. The van der Waals surface area contributed by atoms with Crippen molar-refractivity contribution in [3.8, 4) is 0 Å². The first-order valence-corrected chi connectivity index (χ1v) is 10.2. The van der Waals surface area contributed by atoms with Crippen LogP contribution in [-0.2, 0) is 14.3 Å². The standard InChI is InChI=1S/C20H34N2O3/c1-25-15-14-22-13-10-20(7-6-18(22)23)8-11-21(12-9-20)19(24)16-17-4-2-3-5-17/h17H,2-16H2,1H3. The Bertz CT molecular complexity index is 466. The van der Waals surface area contributed by atoms with E-state index in [1.165, 1.54) is 25.7 Å². The van der Waals surface area contributed by atoms with Crippen LogP contribution in [0.2, 0.25) is 0 Å². The lowest BCUT2D eigenvalue weighted by molar-refractivity contribution is -0.135. The highest BCUT2D eigenvalue weighted by Crippen LogP contribution is 2.41. The average molecular weight is 351 g/mol. The molecule has 0 aromatic heterocycles. The monoisotopic (exact) mass is 350 g/mol. The number of piperidine rings is 1. The number of hydrogen-bond donors (Lipinski definition) is 0. The molecule has 0 N–H and O–H groups in total. The average Bonchev–Trinajstić information content (AvgIpc) is 3.08. The van der Waals surface area contributed by atoms with E-state index >= 15 is 0 Å². The van der Waals surface area contributed by atoms with Crippen LogP contribution in [0.4, 0.5) is 0 Å². The van der Waals surface area contributed by atoms with Crippen molar-refractivity contribution in [1.82, 2.24) is 9.80 Å². The van der Waals surface area contributed by atoms with E-state index in [2.05, 4.69) is 4.90 Å². The molecule has 0 bridgehead atoms. The van der Waals surface area contributed by atoms with Crippen LogP contribution in [-0.4, -0.2) is 61.5 Å². The van der Waals surface area contributed by atoms with Crippen LogP contribution in [0.15, 0.2) is 0 Å². The maximum absolute atomic E-state index is 12.6. The first-order chi connectivity index (χ1) is 12.1. The zero-order valence-corrected chi connectivity index (χ0v) is 15.8. The van der Waals surface area contributed by atoms with Crippen molar-refractivity contribution in [3.63, 3.8) is 0 Å². The molecule has 5 heteroatoms. The summed E-state index contributed by atoms with van der Waals surface area (Å²) in [6.07, 6.45) is 10.7. The van der Waals surface area contributed by atoms with Crippen LogP contribution in [0.3, 0.4) is 0 Å². The number of amides is 2. The molecular formula is C20H34N2O3. The molecule has 0 aromatic carbocycles. The van der Waals surface area contributed by atoms with E-state index in [0.717, 1.165) is 51.7 Å². The predicted octanol–water partition coefficient (Wildman–Crippen LogP) is 2.83. The maximum Gasteiger partial charge on any atom is 0.222 e. The summed E-state index contributed by atoms with van der Waals surface area (Å²) in [5.41, 5.74) is 0.265. The number of methoxy groups -OCH3 is 1. The van der Waals surface area contributed by atoms with Gasteiger partial charge in [-0.15, -0.1) is 0 Å². The number of hydrogen-bond acceptors (Lipinski definition) is 3. The quantitative estimate of drug-likeness (QED) is 0.766. The van der Waals surface area contributed by atoms with Crippen LogP contribution in [0, 0.1) is 11.3 Å². The first kappa shape index (κ1) is 18.7. The Morgan fingerprint density at radius 3 is 2.48 bits per heavy atom. The van der Waals surface area contributed by atoms with Crippen molar-refractivity contribution in [3.05, 3.63) is 0 Å². The van der Waals surface area contributed by atoms with Crippen molar-refractivity contribution < 1.29 is 14.3 Å². The summed E-state index contributed by atoms with van der Waals surface area (Å²) in [6.45, 7) is 3.94. The van der Waals surface area contributed by atoms with Gasteiger partial charge in [-0.25, -0.2) is 0 Å². The van der Waals surface area contributed by atoms with Crippen LogP contribution >= 0.6 is 0 Å². The summed E-state index contributed by atoms with van der Waals surface area (Å²) >= 11 is 0. The minimum Gasteiger partial charge on any atom is -0.383 e. The third kappa shape index (κ3) is 4.75. The van der Waals surface area contributed by atoms with Crippen molar-refractivity contribution in [2.75, 3.05) is 39.9 Å². The van der Waals surface area contributed by atoms with E-state index < -0.39 is 0 Å². The summed E-state index contributed by atoms with van der Waals surface area (Å²) in [6, 6.07) is 0. The summed E-state index contributed by atoms with van der Waals surface area (Å²) in [7, 11) is 1.68. The van der Waals surface area contributed by atoms with E-state index in [9.17, 15) is 9.59 Å². The largest absolute Gasteiger partial charge is 0.383 e. The van der Waals surface area contributed by atoms with Crippen LogP contribution in [0.5, 0.6) is 0 Å². The highest BCUT2D eigenvalue weighted by atomic mass is 16.5. The highest BCUT2D eigenvalue weighted by molar-refractivity contribution is 5.77. The molecular weight excluding hydrogens is 316 g/mol. The second kappa shape index (κ2) is 8.52. The molecule has 0 unspecified atom stereocenters. The number of carbonyl (C=O) groups is 2. The molecule has 2 aliphatic heterocycles. The second-order valence-electron chi connectivity index (χ2n) is 8.36. The van der Waals surface area contributed by atoms with Crippen molar-refractivity contribution in [2.24, 2.45) is 11.3 Å². The predicted molar refractivity (Wildman–Crippen MR) is 97.1 cm³/mol. The second-order valence-corrected chi connectivity index (χ2v) is 8.36. The van der Waals surface area contributed by atoms with Crippen LogP contribution < -0.4 is 0 Å². The Kier molecular flexibility index (Phi) is 6.37. The molecule has 2 amide bonds. The Morgan fingerprint density at radius 2 is 1.80 bits per heavy atom. The molecule has 1 spiro atoms. The molecule has 0 radical (unpaired) electrons. The summed E-state index contributed by atoms with van der Waals surface area (Å²) in [5.74, 6) is 1.27. The van der Waals surface area contributed by atoms with E-state index in [1.54, 1.807) is 7.11 Å². The third-order valence-corrected chi connectivity index (χ3v) is 6.81. The zero-order valence-electron chi connectivity index (χ0n) is 15.8. The van der Waals surface area contributed by atoms with Crippen LogP contribution in [0.25, 0.3) is 0 Å². The van der Waals surface area contributed by atoms with Gasteiger partial charge in [0, 0.05) is 46.1 Å². The van der Waals surface area contributed by atoms with E-state index in [1.807, 2.05) is 4.90 Å². The normalized spacial score (nSPS) is 24.8. The number of carbonyl (C=O) groups excluding carboxylic acids is 2. The van der Waals surface area contributed by atoms with Gasteiger partial charge in [0.2, 0.25) is 11.8 Å². The van der Waals surface area contributed by atoms with Gasteiger partial charge in [0.05, 0.1) is 6.61 Å². The fraction of sp³-hybridized carbons (Fsp3) is 0.900. The Balaban J connectivity index is 1.48. The number of rotatable bonds is 5. The molecule has 3 fully saturated rings. The van der Waals surface area contributed by atoms with E-state index in [4.69, 9.17) is 4.74 Å². The molecule has 142 valence electrons. The first-order valence-electron chi connectivity index (χ1n) is 10.2. The number of ether oxygens (including phenoxy) is 1. The molecule has 3 aliphatic rings. The number of nitrogens with zero attached hydrogens (tertiary/aromatic N) is 2. The Hall–Kier alpha value is -1.10. The molecule has 25 heavy (non-hydrogen) atoms. The van der Waals surface area contributed by atoms with Gasteiger partial charge in [0.1, 0.15) is 0 Å². The van der Waals surface area contributed by atoms with E-state index in [0.29, 0.717) is 31.4 Å².